The Morgan fingerprint density at radius 2 is 2.00 bits per heavy atom. The number of hydrogen-bond acceptors (Lipinski definition) is 2. The summed E-state index contributed by atoms with van der Waals surface area (Å²) in [6.07, 6.45) is 4.99. The molecule has 0 amide bonds. The molecular weight excluding hydrogens is 256 g/mol. The maximum absolute atomic E-state index is 6.31. The molecule has 1 fully saturated rings. The average Bonchev–Trinajstić information content (AvgIpc) is 2.48. The largest absolute Gasteiger partial charge is 0.371 e. The van der Waals surface area contributed by atoms with Gasteiger partial charge >= 0.3 is 0 Å². The SMILES string of the molecule is CC1C(N)CCC(CN2CCCc3ccccc32)C1(C)C. The molecule has 1 aliphatic carbocycles. The van der Waals surface area contributed by atoms with Gasteiger partial charge in [-0.1, -0.05) is 39.0 Å². The average molecular weight is 286 g/mol. The molecule has 0 aromatic heterocycles. The van der Waals surface area contributed by atoms with Gasteiger partial charge in [0.2, 0.25) is 0 Å². The highest BCUT2D eigenvalue weighted by Crippen LogP contribution is 2.45. The van der Waals surface area contributed by atoms with Crippen molar-refractivity contribution in [1.29, 1.82) is 0 Å². The van der Waals surface area contributed by atoms with Crippen LogP contribution in [0.1, 0.15) is 45.6 Å². The molecule has 2 heteroatoms. The Morgan fingerprint density at radius 1 is 1.24 bits per heavy atom. The van der Waals surface area contributed by atoms with Gasteiger partial charge in [0.25, 0.3) is 0 Å². The highest BCUT2D eigenvalue weighted by atomic mass is 15.1. The minimum absolute atomic E-state index is 0.337. The molecule has 3 unspecified atom stereocenters. The molecule has 0 bridgehead atoms. The zero-order valence-electron chi connectivity index (χ0n) is 13.8. The van der Waals surface area contributed by atoms with Crippen molar-refractivity contribution < 1.29 is 0 Å². The standard InChI is InChI=1S/C19H30N2/c1-14-17(20)11-10-16(19(14,2)3)13-21-12-6-8-15-7-4-5-9-18(15)21/h4-5,7,9,14,16-17H,6,8,10-13,20H2,1-3H3. The van der Waals surface area contributed by atoms with Crippen LogP contribution in [0, 0.1) is 17.3 Å². The van der Waals surface area contributed by atoms with Crippen LogP contribution in [0.15, 0.2) is 24.3 Å². The second-order valence-electron chi connectivity index (χ2n) is 7.73. The quantitative estimate of drug-likeness (QED) is 0.895. The lowest BCUT2D eigenvalue weighted by molar-refractivity contribution is 0.0579. The van der Waals surface area contributed by atoms with Crippen molar-refractivity contribution in [3.8, 4) is 0 Å². The van der Waals surface area contributed by atoms with Crippen LogP contribution >= 0.6 is 0 Å². The maximum Gasteiger partial charge on any atom is 0.0398 e. The Bertz CT molecular complexity index is 494. The summed E-state index contributed by atoms with van der Waals surface area (Å²) < 4.78 is 0. The molecule has 3 atom stereocenters. The number of hydrogen-bond donors (Lipinski definition) is 1. The normalized spacial score (nSPS) is 31.8. The van der Waals surface area contributed by atoms with Gasteiger partial charge in [0.15, 0.2) is 0 Å². The van der Waals surface area contributed by atoms with Gasteiger partial charge in [-0.15, -0.1) is 0 Å². The fourth-order valence-corrected chi connectivity index (χ4v) is 4.33. The molecule has 1 saturated carbocycles. The zero-order chi connectivity index (χ0) is 15.0. The molecule has 1 aromatic carbocycles. The number of rotatable bonds is 2. The first-order valence-electron chi connectivity index (χ1n) is 8.58. The van der Waals surface area contributed by atoms with Gasteiger partial charge in [-0.25, -0.2) is 0 Å². The Labute approximate surface area is 129 Å². The van der Waals surface area contributed by atoms with Gasteiger partial charge in [-0.3, -0.25) is 0 Å². The molecular formula is C19H30N2. The third kappa shape index (κ3) is 2.70. The van der Waals surface area contributed by atoms with E-state index in [0.29, 0.717) is 17.4 Å². The third-order valence-electron chi connectivity index (χ3n) is 6.36. The van der Waals surface area contributed by atoms with Crippen molar-refractivity contribution in [1.82, 2.24) is 0 Å². The monoisotopic (exact) mass is 286 g/mol. The van der Waals surface area contributed by atoms with Crippen molar-refractivity contribution in [3.63, 3.8) is 0 Å². The molecule has 116 valence electrons. The number of fused-ring (bicyclic) bond motifs is 1. The molecule has 0 radical (unpaired) electrons. The van der Waals surface area contributed by atoms with Crippen LogP contribution in [-0.2, 0) is 6.42 Å². The molecule has 2 N–H and O–H groups in total. The summed E-state index contributed by atoms with van der Waals surface area (Å²) in [7, 11) is 0. The van der Waals surface area contributed by atoms with Crippen LogP contribution in [-0.4, -0.2) is 19.1 Å². The first-order valence-corrected chi connectivity index (χ1v) is 8.58. The van der Waals surface area contributed by atoms with E-state index >= 15 is 0 Å². The van der Waals surface area contributed by atoms with E-state index in [4.69, 9.17) is 5.73 Å². The molecule has 1 aromatic rings. The molecule has 0 saturated heterocycles. The van der Waals surface area contributed by atoms with Crippen molar-refractivity contribution >= 4 is 5.69 Å². The van der Waals surface area contributed by atoms with Crippen LogP contribution in [0.25, 0.3) is 0 Å². The van der Waals surface area contributed by atoms with Gasteiger partial charge in [-0.05, 0) is 54.6 Å². The topological polar surface area (TPSA) is 29.3 Å². The fraction of sp³-hybridized carbons (Fsp3) is 0.684. The summed E-state index contributed by atoms with van der Waals surface area (Å²) in [5.74, 6) is 1.36. The summed E-state index contributed by atoms with van der Waals surface area (Å²) in [5.41, 5.74) is 9.65. The van der Waals surface area contributed by atoms with Crippen molar-refractivity contribution in [2.24, 2.45) is 23.0 Å². The summed E-state index contributed by atoms with van der Waals surface area (Å²) in [6.45, 7) is 9.61. The third-order valence-corrected chi connectivity index (χ3v) is 6.36. The number of aryl methyl sites for hydroxylation is 1. The minimum Gasteiger partial charge on any atom is -0.371 e. The number of anilines is 1. The summed E-state index contributed by atoms with van der Waals surface area (Å²) in [4.78, 5) is 2.63. The number of nitrogens with two attached hydrogens (primary N) is 1. The highest BCUT2D eigenvalue weighted by Gasteiger charge is 2.42. The lowest BCUT2D eigenvalue weighted by Crippen LogP contribution is -2.50. The van der Waals surface area contributed by atoms with Gasteiger partial charge < -0.3 is 10.6 Å². The molecule has 2 nitrogen and oxygen atoms in total. The highest BCUT2D eigenvalue weighted by molar-refractivity contribution is 5.55. The van der Waals surface area contributed by atoms with Crippen LogP contribution in [0.5, 0.6) is 0 Å². The van der Waals surface area contributed by atoms with E-state index in [1.165, 1.54) is 50.0 Å². The number of para-hydroxylation sites is 1. The second kappa shape index (κ2) is 5.64. The van der Waals surface area contributed by atoms with E-state index in [1.54, 1.807) is 0 Å². The second-order valence-corrected chi connectivity index (χ2v) is 7.73. The van der Waals surface area contributed by atoms with Crippen LogP contribution < -0.4 is 10.6 Å². The predicted octanol–water partition coefficient (Wildman–Crippen LogP) is 3.84. The van der Waals surface area contributed by atoms with Gasteiger partial charge in [0.05, 0.1) is 0 Å². The van der Waals surface area contributed by atoms with Crippen molar-refractivity contribution in [2.45, 2.75) is 52.5 Å². The summed E-state index contributed by atoms with van der Waals surface area (Å²) >= 11 is 0. The van der Waals surface area contributed by atoms with E-state index in [9.17, 15) is 0 Å². The number of nitrogens with zero attached hydrogens (tertiary/aromatic N) is 1. The van der Waals surface area contributed by atoms with E-state index in [2.05, 4.69) is 49.9 Å². The Hall–Kier alpha value is -1.02. The van der Waals surface area contributed by atoms with Gasteiger partial charge in [0.1, 0.15) is 0 Å². The van der Waals surface area contributed by atoms with Gasteiger partial charge in [-0.2, -0.15) is 0 Å². The van der Waals surface area contributed by atoms with Gasteiger partial charge in [0, 0.05) is 24.8 Å². The molecule has 0 spiro atoms. The van der Waals surface area contributed by atoms with E-state index in [-0.39, 0.29) is 0 Å². The summed E-state index contributed by atoms with van der Waals surface area (Å²) in [5, 5.41) is 0. The van der Waals surface area contributed by atoms with Crippen LogP contribution in [0.4, 0.5) is 5.69 Å². The lowest BCUT2D eigenvalue weighted by atomic mass is 9.61. The number of benzene rings is 1. The van der Waals surface area contributed by atoms with Crippen molar-refractivity contribution in [3.05, 3.63) is 29.8 Å². The summed E-state index contributed by atoms with van der Waals surface area (Å²) in [6, 6.07) is 9.34. The predicted molar refractivity (Wildman–Crippen MR) is 90.6 cm³/mol. The first-order chi connectivity index (χ1) is 10.00. The Balaban J connectivity index is 1.78. The molecule has 3 rings (SSSR count). The maximum atomic E-state index is 6.31. The van der Waals surface area contributed by atoms with E-state index < -0.39 is 0 Å². The van der Waals surface area contributed by atoms with Crippen LogP contribution in [0.2, 0.25) is 0 Å². The Morgan fingerprint density at radius 3 is 2.81 bits per heavy atom. The Kier molecular flexibility index (Phi) is 4.00. The molecule has 1 heterocycles. The smallest absolute Gasteiger partial charge is 0.0398 e. The first kappa shape index (κ1) is 14.9. The van der Waals surface area contributed by atoms with E-state index in [0.717, 1.165) is 5.92 Å². The van der Waals surface area contributed by atoms with Crippen LogP contribution in [0.3, 0.4) is 0 Å². The fourth-order valence-electron chi connectivity index (χ4n) is 4.33. The van der Waals surface area contributed by atoms with E-state index in [1.807, 2.05) is 0 Å². The minimum atomic E-state index is 0.337. The van der Waals surface area contributed by atoms with Crippen molar-refractivity contribution in [2.75, 3.05) is 18.0 Å². The zero-order valence-corrected chi connectivity index (χ0v) is 13.8. The lowest BCUT2D eigenvalue weighted by Gasteiger charge is -2.49. The molecule has 2 aliphatic rings. The molecule has 21 heavy (non-hydrogen) atoms. The molecule has 1 aliphatic heterocycles.